The number of amides is 1. The first kappa shape index (κ1) is 14.0. The van der Waals surface area contributed by atoms with Crippen molar-refractivity contribution < 1.29 is 9.90 Å². The molecule has 5 nitrogen and oxygen atoms in total. The average Bonchev–Trinajstić information content (AvgIpc) is 2.48. The summed E-state index contributed by atoms with van der Waals surface area (Å²) in [6.45, 7) is 2.06. The lowest BCUT2D eigenvalue weighted by Gasteiger charge is -2.34. The second kappa shape index (κ2) is 6.65. The number of hydrazine groups is 1. The lowest BCUT2D eigenvalue weighted by molar-refractivity contribution is 0.0841. The Hall–Kier alpha value is -1.43. The summed E-state index contributed by atoms with van der Waals surface area (Å²) in [4.78, 5) is 13.6. The van der Waals surface area contributed by atoms with Gasteiger partial charge < -0.3 is 5.11 Å². The Morgan fingerprint density at radius 1 is 1.37 bits per heavy atom. The highest BCUT2D eigenvalue weighted by atomic mass is 16.3. The Morgan fingerprint density at radius 3 is 2.74 bits per heavy atom. The third-order valence-electron chi connectivity index (χ3n) is 3.69. The van der Waals surface area contributed by atoms with Gasteiger partial charge in [0.05, 0.1) is 6.61 Å². The number of carbonyl (C=O) groups is 1. The van der Waals surface area contributed by atoms with Gasteiger partial charge in [-0.25, -0.2) is 5.84 Å². The van der Waals surface area contributed by atoms with Gasteiger partial charge >= 0.3 is 0 Å². The van der Waals surface area contributed by atoms with E-state index in [2.05, 4.69) is 10.3 Å². The molecule has 5 heteroatoms. The molecule has 0 bridgehead atoms. The van der Waals surface area contributed by atoms with Crippen molar-refractivity contribution in [2.75, 3.05) is 13.2 Å². The van der Waals surface area contributed by atoms with E-state index in [0.717, 1.165) is 25.1 Å². The molecule has 1 atom stereocenters. The molecule has 2 rings (SSSR count). The van der Waals surface area contributed by atoms with Crippen LogP contribution in [0, 0.1) is 0 Å². The predicted molar refractivity (Wildman–Crippen MR) is 73.2 cm³/mol. The number of nitrogen functional groups attached to an aromatic ring is 1. The Morgan fingerprint density at radius 2 is 2.11 bits per heavy atom. The number of aliphatic hydroxyl groups excluding tert-OH is 1. The van der Waals surface area contributed by atoms with Crippen molar-refractivity contribution in [3.63, 3.8) is 0 Å². The van der Waals surface area contributed by atoms with Crippen LogP contribution in [0.3, 0.4) is 0 Å². The Bertz CT molecular complexity index is 419. The van der Waals surface area contributed by atoms with Crippen LogP contribution in [0.2, 0.25) is 0 Å². The first-order chi connectivity index (χ1) is 9.24. The second-order valence-corrected chi connectivity index (χ2v) is 4.97. The summed E-state index contributed by atoms with van der Waals surface area (Å²) in [5.41, 5.74) is 3.82. The lowest BCUT2D eigenvalue weighted by Crippen LogP contribution is -2.41. The number of piperidine rings is 1. The number of nitrogens with zero attached hydrogens (tertiary/aromatic N) is 1. The van der Waals surface area contributed by atoms with Gasteiger partial charge in [-0.2, -0.15) is 0 Å². The molecule has 4 N–H and O–H groups in total. The van der Waals surface area contributed by atoms with Crippen LogP contribution in [0.5, 0.6) is 0 Å². The number of nitrogens with two attached hydrogens (primary N) is 1. The maximum atomic E-state index is 11.3. The maximum absolute atomic E-state index is 11.3. The van der Waals surface area contributed by atoms with Gasteiger partial charge in [-0.15, -0.1) is 0 Å². The third kappa shape index (κ3) is 3.53. The van der Waals surface area contributed by atoms with E-state index in [1.165, 1.54) is 12.8 Å². The van der Waals surface area contributed by atoms with Crippen LogP contribution in [-0.4, -0.2) is 35.1 Å². The van der Waals surface area contributed by atoms with Crippen LogP contribution in [0.25, 0.3) is 0 Å². The highest BCUT2D eigenvalue weighted by Crippen LogP contribution is 2.19. The Labute approximate surface area is 113 Å². The number of likely N-dealkylation sites (tertiary alicyclic amines) is 1. The molecule has 0 saturated carbocycles. The fraction of sp³-hybridized carbons (Fsp3) is 0.500. The molecule has 1 unspecified atom stereocenters. The zero-order valence-electron chi connectivity index (χ0n) is 11.0. The summed E-state index contributed by atoms with van der Waals surface area (Å²) in [5.74, 6) is 4.81. The topological polar surface area (TPSA) is 78.6 Å². The zero-order chi connectivity index (χ0) is 13.7. The summed E-state index contributed by atoms with van der Waals surface area (Å²) in [6, 6.07) is 7.69. The number of nitrogens with one attached hydrogen (secondary N) is 1. The van der Waals surface area contributed by atoms with Crippen molar-refractivity contribution in [2.24, 2.45) is 5.84 Å². The fourth-order valence-electron chi connectivity index (χ4n) is 2.55. The minimum absolute atomic E-state index is 0.216. The number of hydrogen-bond acceptors (Lipinski definition) is 4. The first-order valence-electron chi connectivity index (χ1n) is 6.69. The highest BCUT2D eigenvalue weighted by Gasteiger charge is 2.21. The van der Waals surface area contributed by atoms with Crippen molar-refractivity contribution in [1.29, 1.82) is 0 Å². The molecule has 1 fully saturated rings. The van der Waals surface area contributed by atoms with Crippen molar-refractivity contribution in [2.45, 2.75) is 31.8 Å². The molecular formula is C14H21N3O2. The van der Waals surface area contributed by atoms with Crippen LogP contribution in [-0.2, 0) is 6.54 Å². The largest absolute Gasteiger partial charge is 0.395 e. The van der Waals surface area contributed by atoms with Gasteiger partial charge in [0.2, 0.25) is 0 Å². The van der Waals surface area contributed by atoms with Gasteiger partial charge in [-0.1, -0.05) is 18.6 Å². The first-order valence-corrected chi connectivity index (χ1v) is 6.69. The van der Waals surface area contributed by atoms with Crippen LogP contribution in [0.4, 0.5) is 0 Å². The molecule has 1 heterocycles. The predicted octanol–water partition coefficient (Wildman–Crippen LogP) is 0.637. The standard InChI is InChI=1S/C14H21N3O2/c15-16-14(19)12-6-4-11(5-7-12)9-17-8-2-1-3-13(17)10-18/h4-7,13,18H,1-3,8-10,15H2,(H,16,19). The highest BCUT2D eigenvalue weighted by molar-refractivity contribution is 5.93. The van der Waals surface area contributed by atoms with Gasteiger partial charge in [0.25, 0.3) is 5.91 Å². The van der Waals surface area contributed by atoms with Crippen LogP contribution >= 0.6 is 0 Å². The number of hydrogen-bond donors (Lipinski definition) is 3. The van der Waals surface area contributed by atoms with Gasteiger partial charge in [0, 0.05) is 18.2 Å². The van der Waals surface area contributed by atoms with E-state index >= 15 is 0 Å². The van der Waals surface area contributed by atoms with E-state index in [-0.39, 0.29) is 18.6 Å². The summed E-state index contributed by atoms with van der Waals surface area (Å²) in [5, 5.41) is 9.38. The lowest BCUT2D eigenvalue weighted by atomic mass is 10.0. The number of aliphatic hydroxyl groups is 1. The average molecular weight is 263 g/mol. The molecule has 1 saturated heterocycles. The van der Waals surface area contributed by atoms with E-state index in [4.69, 9.17) is 5.84 Å². The van der Waals surface area contributed by atoms with Crippen LogP contribution < -0.4 is 11.3 Å². The SMILES string of the molecule is NNC(=O)c1ccc(CN2CCCCC2CO)cc1. The molecule has 0 aliphatic carbocycles. The van der Waals surface area contributed by atoms with Gasteiger partial charge in [-0.05, 0) is 37.1 Å². The Kier molecular flexibility index (Phi) is 4.90. The smallest absolute Gasteiger partial charge is 0.265 e. The summed E-state index contributed by atoms with van der Waals surface area (Å²) in [6.07, 6.45) is 3.44. The minimum Gasteiger partial charge on any atom is -0.395 e. The van der Waals surface area contributed by atoms with Gasteiger partial charge in [0.15, 0.2) is 0 Å². The number of carbonyl (C=O) groups excluding carboxylic acids is 1. The molecule has 0 aromatic heterocycles. The molecule has 104 valence electrons. The van der Waals surface area contributed by atoms with E-state index in [9.17, 15) is 9.90 Å². The van der Waals surface area contributed by atoms with Crippen molar-refractivity contribution in [3.8, 4) is 0 Å². The second-order valence-electron chi connectivity index (χ2n) is 4.97. The normalized spacial score (nSPS) is 20.2. The molecule has 1 amide bonds. The van der Waals surface area contributed by atoms with E-state index < -0.39 is 0 Å². The zero-order valence-corrected chi connectivity index (χ0v) is 11.0. The molecule has 1 aliphatic rings. The molecule has 1 aliphatic heterocycles. The monoisotopic (exact) mass is 263 g/mol. The number of rotatable bonds is 4. The van der Waals surface area contributed by atoms with E-state index in [1.54, 1.807) is 12.1 Å². The van der Waals surface area contributed by atoms with Crippen LogP contribution in [0.15, 0.2) is 24.3 Å². The molecule has 0 radical (unpaired) electrons. The third-order valence-corrected chi connectivity index (χ3v) is 3.69. The number of benzene rings is 1. The molecular weight excluding hydrogens is 242 g/mol. The summed E-state index contributed by atoms with van der Waals surface area (Å²) >= 11 is 0. The molecule has 0 spiro atoms. The quantitative estimate of drug-likeness (QED) is 0.423. The summed E-state index contributed by atoms with van der Waals surface area (Å²) in [7, 11) is 0. The van der Waals surface area contributed by atoms with Crippen molar-refractivity contribution >= 4 is 5.91 Å². The molecule has 1 aromatic carbocycles. The van der Waals surface area contributed by atoms with E-state index in [1.807, 2.05) is 12.1 Å². The van der Waals surface area contributed by atoms with Gasteiger partial charge in [0.1, 0.15) is 0 Å². The molecule has 1 aromatic rings. The van der Waals surface area contributed by atoms with Crippen molar-refractivity contribution in [3.05, 3.63) is 35.4 Å². The Balaban J connectivity index is 2.00. The van der Waals surface area contributed by atoms with Crippen molar-refractivity contribution in [1.82, 2.24) is 10.3 Å². The van der Waals surface area contributed by atoms with E-state index in [0.29, 0.717) is 5.56 Å². The molecule has 19 heavy (non-hydrogen) atoms. The minimum atomic E-state index is -0.280. The summed E-state index contributed by atoms with van der Waals surface area (Å²) < 4.78 is 0. The van der Waals surface area contributed by atoms with Crippen LogP contribution in [0.1, 0.15) is 35.2 Å². The maximum Gasteiger partial charge on any atom is 0.265 e. The van der Waals surface area contributed by atoms with Gasteiger partial charge in [-0.3, -0.25) is 15.1 Å². The fourth-order valence-corrected chi connectivity index (χ4v) is 2.55.